The van der Waals surface area contributed by atoms with Crippen molar-refractivity contribution in [1.82, 2.24) is 14.6 Å². The Morgan fingerprint density at radius 2 is 2.04 bits per heavy atom. The first-order chi connectivity index (χ1) is 12.6. The van der Waals surface area contributed by atoms with Crippen LogP contribution in [0.15, 0.2) is 48.8 Å². The Labute approximate surface area is 150 Å². The van der Waals surface area contributed by atoms with Gasteiger partial charge in [-0.1, -0.05) is 18.2 Å². The average molecular weight is 349 g/mol. The van der Waals surface area contributed by atoms with Gasteiger partial charge in [-0.05, 0) is 24.1 Å². The van der Waals surface area contributed by atoms with E-state index in [9.17, 15) is 9.59 Å². The predicted molar refractivity (Wildman–Crippen MR) is 98.1 cm³/mol. The van der Waals surface area contributed by atoms with Crippen molar-refractivity contribution in [2.24, 2.45) is 0 Å². The molecule has 0 fully saturated rings. The number of nitrogens with zero attached hydrogens (tertiary/aromatic N) is 4. The van der Waals surface area contributed by atoms with Gasteiger partial charge in [-0.25, -0.2) is 4.98 Å². The van der Waals surface area contributed by atoms with Gasteiger partial charge in [0.2, 0.25) is 11.8 Å². The summed E-state index contributed by atoms with van der Waals surface area (Å²) in [5.41, 5.74) is 2.77. The minimum absolute atomic E-state index is 0.0299. The Kier molecular flexibility index (Phi) is 4.12. The second kappa shape index (κ2) is 6.59. The first-order valence-corrected chi connectivity index (χ1v) is 8.59. The van der Waals surface area contributed by atoms with Crippen LogP contribution < -0.4 is 10.2 Å². The van der Waals surface area contributed by atoms with Crippen LogP contribution in [0.1, 0.15) is 31.2 Å². The number of fused-ring (bicyclic) bond motifs is 2. The van der Waals surface area contributed by atoms with E-state index >= 15 is 0 Å². The average Bonchev–Trinajstić information content (AvgIpc) is 3.25. The highest BCUT2D eigenvalue weighted by Gasteiger charge is 2.30. The van der Waals surface area contributed by atoms with Crippen LogP contribution in [0.5, 0.6) is 0 Å². The number of nitrogens with one attached hydrogen (secondary N) is 1. The lowest BCUT2D eigenvalue weighted by molar-refractivity contribution is -0.116. The first-order valence-electron chi connectivity index (χ1n) is 8.59. The van der Waals surface area contributed by atoms with Crippen molar-refractivity contribution in [2.75, 3.05) is 16.8 Å². The molecule has 0 saturated carbocycles. The summed E-state index contributed by atoms with van der Waals surface area (Å²) in [5, 5.41) is 7.06. The molecular weight excluding hydrogens is 330 g/mol. The van der Waals surface area contributed by atoms with Crippen molar-refractivity contribution in [1.29, 1.82) is 0 Å². The van der Waals surface area contributed by atoms with Crippen molar-refractivity contribution in [3.05, 3.63) is 54.4 Å². The zero-order valence-electron chi connectivity index (χ0n) is 14.4. The lowest BCUT2D eigenvalue weighted by Crippen LogP contribution is -2.27. The van der Waals surface area contributed by atoms with Gasteiger partial charge in [-0.3, -0.25) is 9.59 Å². The van der Waals surface area contributed by atoms with Gasteiger partial charge >= 0.3 is 0 Å². The minimum atomic E-state index is -0.0771. The fourth-order valence-electron chi connectivity index (χ4n) is 3.48. The number of rotatable bonds is 4. The molecule has 0 bridgehead atoms. The molecule has 1 aliphatic heterocycles. The van der Waals surface area contributed by atoms with E-state index in [2.05, 4.69) is 15.4 Å². The van der Waals surface area contributed by atoms with Crippen LogP contribution in [-0.2, 0) is 9.59 Å². The third-order valence-electron chi connectivity index (χ3n) is 4.73. The topological polar surface area (TPSA) is 79.6 Å². The molecule has 3 heterocycles. The van der Waals surface area contributed by atoms with Crippen LogP contribution >= 0.6 is 0 Å². The number of para-hydroxylation sites is 1. The fourth-order valence-corrected chi connectivity index (χ4v) is 3.48. The second-order valence-electron chi connectivity index (χ2n) is 6.40. The SMILES string of the molecule is CC(=O)N1CC(CCC(=O)Nc2ccnc3ccnn23)c2ccccc21. The molecule has 1 atom stereocenters. The molecule has 132 valence electrons. The smallest absolute Gasteiger partial charge is 0.225 e. The molecule has 0 spiro atoms. The number of benzene rings is 1. The normalized spacial score (nSPS) is 15.9. The maximum absolute atomic E-state index is 12.4. The van der Waals surface area contributed by atoms with E-state index in [1.807, 2.05) is 24.3 Å². The highest BCUT2D eigenvalue weighted by molar-refractivity contribution is 5.94. The summed E-state index contributed by atoms with van der Waals surface area (Å²) in [6.45, 7) is 2.20. The van der Waals surface area contributed by atoms with Gasteiger partial charge in [0.05, 0.1) is 6.20 Å². The van der Waals surface area contributed by atoms with Crippen molar-refractivity contribution in [3.8, 4) is 0 Å². The molecule has 2 amide bonds. The molecule has 7 nitrogen and oxygen atoms in total. The largest absolute Gasteiger partial charge is 0.312 e. The molecular formula is C19H19N5O2. The third kappa shape index (κ3) is 2.92. The second-order valence-corrected chi connectivity index (χ2v) is 6.40. The molecule has 0 aliphatic carbocycles. The maximum atomic E-state index is 12.4. The molecule has 1 aromatic carbocycles. The molecule has 1 unspecified atom stereocenters. The first kappa shape index (κ1) is 16.3. The van der Waals surface area contributed by atoms with Crippen LogP contribution in [-0.4, -0.2) is 33.0 Å². The van der Waals surface area contributed by atoms with E-state index in [0.29, 0.717) is 30.9 Å². The molecule has 4 rings (SSSR count). The number of amides is 2. The Hall–Kier alpha value is -3.22. The monoisotopic (exact) mass is 349 g/mol. The molecule has 1 N–H and O–H groups in total. The van der Waals surface area contributed by atoms with Crippen LogP contribution in [0, 0.1) is 0 Å². The van der Waals surface area contributed by atoms with Crippen molar-refractivity contribution in [2.45, 2.75) is 25.7 Å². The lowest BCUT2D eigenvalue weighted by Gasteiger charge is -2.15. The van der Waals surface area contributed by atoms with Crippen LogP contribution in [0.25, 0.3) is 5.65 Å². The summed E-state index contributed by atoms with van der Waals surface area (Å²) >= 11 is 0. The van der Waals surface area contributed by atoms with Gasteiger partial charge in [-0.15, -0.1) is 0 Å². The Balaban J connectivity index is 1.44. The highest BCUT2D eigenvalue weighted by atomic mass is 16.2. The van der Waals surface area contributed by atoms with E-state index in [0.717, 1.165) is 11.3 Å². The quantitative estimate of drug-likeness (QED) is 0.785. The van der Waals surface area contributed by atoms with Crippen LogP contribution in [0.2, 0.25) is 0 Å². The number of aromatic nitrogens is 3. The van der Waals surface area contributed by atoms with Gasteiger partial charge in [-0.2, -0.15) is 9.61 Å². The van der Waals surface area contributed by atoms with Crippen LogP contribution in [0.4, 0.5) is 11.5 Å². The summed E-state index contributed by atoms with van der Waals surface area (Å²) < 4.78 is 1.60. The Bertz CT molecular complexity index is 981. The molecule has 1 aliphatic rings. The van der Waals surface area contributed by atoms with Crippen LogP contribution in [0.3, 0.4) is 0 Å². The number of hydrogen-bond acceptors (Lipinski definition) is 4. The zero-order valence-corrected chi connectivity index (χ0v) is 14.4. The van der Waals surface area contributed by atoms with Gasteiger partial charge < -0.3 is 10.2 Å². The minimum Gasteiger partial charge on any atom is -0.312 e. The van der Waals surface area contributed by atoms with Gasteiger partial charge in [0, 0.05) is 43.8 Å². The molecule has 0 radical (unpaired) electrons. The lowest BCUT2D eigenvalue weighted by atomic mass is 9.96. The van der Waals surface area contributed by atoms with E-state index in [-0.39, 0.29) is 17.7 Å². The Morgan fingerprint density at radius 1 is 1.19 bits per heavy atom. The van der Waals surface area contributed by atoms with Gasteiger partial charge in [0.25, 0.3) is 0 Å². The fraction of sp³-hybridized carbons (Fsp3) is 0.263. The van der Waals surface area contributed by atoms with E-state index in [1.54, 1.807) is 40.9 Å². The summed E-state index contributed by atoms with van der Waals surface area (Å²) in [7, 11) is 0. The summed E-state index contributed by atoms with van der Waals surface area (Å²) in [5.74, 6) is 0.721. The van der Waals surface area contributed by atoms with E-state index in [4.69, 9.17) is 0 Å². The summed E-state index contributed by atoms with van der Waals surface area (Å²) in [6.07, 6.45) is 4.34. The predicted octanol–water partition coefficient (Wildman–Crippen LogP) is 2.60. The standard InChI is InChI=1S/C19H19N5O2/c1-13(25)23-12-14(15-4-2-3-5-16(15)23)6-7-19(26)22-18-8-10-20-17-9-11-21-24(17)18/h2-5,8-11,14H,6-7,12H2,1H3,(H,22,26). The highest BCUT2D eigenvalue weighted by Crippen LogP contribution is 2.38. The number of anilines is 2. The molecule has 26 heavy (non-hydrogen) atoms. The van der Waals surface area contributed by atoms with E-state index < -0.39 is 0 Å². The Morgan fingerprint density at radius 3 is 2.88 bits per heavy atom. The molecule has 2 aromatic heterocycles. The summed E-state index contributed by atoms with van der Waals surface area (Å²) in [6, 6.07) is 11.4. The maximum Gasteiger partial charge on any atom is 0.225 e. The third-order valence-corrected chi connectivity index (χ3v) is 4.73. The van der Waals surface area contributed by atoms with Crippen molar-refractivity contribution in [3.63, 3.8) is 0 Å². The van der Waals surface area contributed by atoms with Gasteiger partial charge in [0.1, 0.15) is 5.82 Å². The molecule has 3 aromatic rings. The number of carbonyl (C=O) groups excluding carboxylic acids is 2. The zero-order chi connectivity index (χ0) is 18.1. The number of carbonyl (C=O) groups is 2. The van der Waals surface area contributed by atoms with Crippen molar-refractivity contribution >= 4 is 29.0 Å². The van der Waals surface area contributed by atoms with Crippen molar-refractivity contribution < 1.29 is 9.59 Å². The van der Waals surface area contributed by atoms with E-state index in [1.165, 1.54) is 0 Å². The number of hydrogen-bond donors (Lipinski definition) is 1. The summed E-state index contributed by atoms with van der Waals surface area (Å²) in [4.78, 5) is 30.2. The molecule has 7 heteroatoms. The molecule has 0 saturated heterocycles. The van der Waals surface area contributed by atoms with Gasteiger partial charge in [0.15, 0.2) is 5.65 Å².